The zero-order valence-corrected chi connectivity index (χ0v) is 8.84. The van der Waals surface area contributed by atoms with Gasteiger partial charge in [0.1, 0.15) is 0 Å². The van der Waals surface area contributed by atoms with Crippen LogP contribution in [0.3, 0.4) is 0 Å². The van der Waals surface area contributed by atoms with Gasteiger partial charge in [0.15, 0.2) is 0 Å². The lowest BCUT2D eigenvalue weighted by Gasteiger charge is -2.04. The fourth-order valence-corrected chi connectivity index (χ4v) is 0.873. The molecule has 5 heteroatoms. The second-order valence-corrected chi connectivity index (χ2v) is 2.84. The summed E-state index contributed by atoms with van der Waals surface area (Å²) >= 11 is 0. The SMILES string of the molecule is C#CCNCC(=O)NCCCC(=O)OC. The standard InChI is InChI=1S/C10H16N2O3/c1-3-6-11-8-9(13)12-7-4-5-10(14)15-2/h1,11H,4-8H2,2H3,(H,12,13). The average Bonchev–Trinajstić information content (AvgIpc) is 2.24. The van der Waals surface area contributed by atoms with Gasteiger partial charge in [-0.2, -0.15) is 0 Å². The van der Waals surface area contributed by atoms with Crippen LogP contribution in [0.5, 0.6) is 0 Å². The molecule has 0 aromatic heterocycles. The number of rotatable bonds is 7. The van der Waals surface area contributed by atoms with Crippen LogP contribution >= 0.6 is 0 Å². The number of hydrogen-bond acceptors (Lipinski definition) is 4. The summed E-state index contributed by atoms with van der Waals surface area (Å²) in [7, 11) is 1.34. The van der Waals surface area contributed by atoms with E-state index in [1.54, 1.807) is 0 Å². The molecule has 0 aromatic carbocycles. The highest BCUT2D eigenvalue weighted by Crippen LogP contribution is 1.89. The van der Waals surface area contributed by atoms with Crippen molar-refractivity contribution in [3.05, 3.63) is 0 Å². The normalized spacial score (nSPS) is 9.07. The number of methoxy groups -OCH3 is 1. The van der Waals surface area contributed by atoms with Gasteiger partial charge in [0.05, 0.1) is 20.2 Å². The first-order valence-electron chi connectivity index (χ1n) is 4.68. The number of terminal acetylenes is 1. The van der Waals surface area contributed by atoms with Gasteiger partial charge in [-0.05, 0) is 6.42 Å². The van der Waals surface area contributed by atoms with Gasteiger partial charge in [-0.15, -0.1) is 6.42 Å². The Kier molecular flexibility index (Phi) is 8.10. The lowest BCUT2D eigenvalue weighted by Crippen LogP contribution is -2.34. The fraction of sp³-hybridized carbons (Fsp3) is 0.600. The second kappa shape index (κ2) is 9.03. The highest BCUT2D eigenvalue weighted by atomic mass is 16.5. The van der Waals surface area contributed by atoms with Gasteiger partial charge in [0.2, 0.25) is 5.91 Å². The number of amides is 1. The van der Waals surface area contributed by atoms with Gasteiger partial charge in [0, 0.05) is 13.0 Å². The van der Waals surface area contributed by atoms with Crippen LogP contribution in [-0.2, 0) is 14.3 Å². The largest absolute Gasteiger partial charge is 0.469 e. The Morgan fingerprint density at radius 3 is 2.80 bits per heavy atom. The predicted molar refractivity (Wildman–Crippen MR) is 56.0 cm³/mol. The van der Waals surface area contributed by atoms with Crippen LogP contribution in [0.4, 0.5) is 0 Å². The molecule has 0 aromatic rings. The molecule has 0 aliphatic carbocycles. The minimum absolute atomic E-state index is 0.130. The van der Waals surface area contributed by atoms with Crippen LogP contribution in [0.2, 0.25) is 0 Å². The zero-order valence-electron chi connectivity index (χ0n) is 8.84. The van der Waals surface area contributed by atoms with E-state index in [9.17, 15) is 9.59 Å². The van der Waals surface area contributed by atoms with Crippen LogP contribution < -0.4 is 10.6 Å². The van der Waals surface area contributed by atoms with Gasteiger partial charge in [0.25, 0.3) is 0 Å². The summed E-state index contributed by atoms with van der Waals surface area (Å²) in [6.45, 7) is 1.03. The van der Waals surface area contributed by atoms with Gasteiger partial charge >= 0.3 is 5.97 Å². The Labute approximate surface area is 89.6 Å². The van der Waals surface area contributed by atoms with E-state index in [2.05, 4.69) is 21.3 Å². The molecule has 1 amide bonds. The Morgan fingerprint density at radius 1 is 1.47 bits per heavy atom. The van der Waals surface area contributed by atoms with Gasteiger partial charge in [-0.25, -0.2) is 0 Å². The Morgan fingerprint density at radius 2 is 2.20 bits per heavy atom. The molecule has 0 fully saturated rings. The number of hydrogen-bond donors (Lipinski definition) is 2. The van der Waals surface area contributed by atoms with Crippen molar-refractivity contribution in [1.82, 2.24) is 10.6 Å². The summed E-state index contributed by atoms with van der Waals surface area (Å²) in [5.74, 6) is 1.96. The van der Waals surface area contributed by atoms with Crippen molar-refractivity contribution in [2.45, 2.75) is 12.8 Å². The maximum atomic E-state index is 11.1. The van der Waals surface area contributed by atoms with E-state index in [0.717, 1.165) is 0 Å². The molecular weight excluding hydrogens is 196 g/mol. The molecule has 0 saturated carbocycles. The van der Waals surface area contributed by atoms with Crippen LogP contribution in [0, 0.1) is 12.3 Å². The quantitative estimate of drug-likeness (QED) is 0.332. The zero-order chi connectivity index (χ0) is 11.5. The number of carbonyl (C=O) groups excluding carboxylic acids is 2. The monoisotopic (exact) mass is 212 g/mol. The minimum atomic E-state index is -0.269. The number of nitrogens with one attached hydrogen (secondary N) is 2. The third-order valence-electron chi connectivity index (χ3n) is 1.62. The van der Waals surface area contributed by atoms with E-state index in [4.69, 9.17) is 6.42 Å². The van der Waals surface area contributed by atoms with Crippen molar-refractivity contribution >= 4 is 11.9 Å². The summed E-state index contributed by atoms with van der Waals surface area (Å²) in [5.41, 5.74) is 0. The molecule has 0 unspecified atom stereocenters. The fourth-order valence-electron chi connectivity index (χ4n) is 0.873. The predicted octanol–water partition coefficient (Wildman–Crippen LogP) is -0.721. The molecule has 0 aliphatic heterocycles. The molecule has 0 atom stereocenters. The van der Waals surface area contributed by atoms with E-state index in [1.165, 1.54) is 7.11 Å². The van der Waals surface area contributed by atoms with Crippen LogP contribution in [0.1, 0.15) is 12.8 Å². The van der Waals surface area contributed by atoms with Gasteiger partial charge < -0.3 is 10.1 Å². The molecule has 2 N–H and O–H groups in total. The Bertz CT molecular complexity index is 246. The molecule has 0 rings (SSSR count). The third kappa shape index (κ3) is 8.78. The maximum Gasteiger partial charge on any atom is 0.305 e. The maximum absolute atomic E-state index is 11.1. The summed E-state index contributed by atoms with van der Waals surface area (Å²) in [4.78, 5) is 21.8. The van der Waals surface area contributed by atoms with E-state index in [-0.39, 0.29) is 18.4 Å². The van der Waals surface area contributed by atoms with Crippen molar-refractivity contribution in [3.8, 4) is 12.3 Å². The van der Waals surface area contributed by atoms with Crippen molar-refractivity contribution in [1.29, 1.82) is 0 Å². The van der Waals surface area contributed by atoms with Crippen molar-refractivity contribution in [2.75, 3.05) is 26.7 Å². The van der Waals surface area contributed by atoms with Crippen molar-refractivity contribution < 1.29 is 14.3 Å². The van der Waals surface area contributed by atoms with Crippen LogP contribution in [-0.4, -0.2) is 38.6 Å². The smallest absolute Gasteiger partial charge is 0.305 e. The highest BCUT2D eigenvalue weighted by Gasteiger charge is 2.01. The molecule has 0 aliphatic rings. The first-order valence-corrected chi connectivity index (χ1v) is 4.68. The lowest BCUT2D eigenvalue weighted by molar-refractivity contribution is -0.140. The minimum Gasteiger partial charge on any atom is -0.469 e. The number of ether oxygens (including phenoxy) is 1. The van der Waals surface area contributed by atoms with E-state index < -0.39 is 0 Å². The molecule has 5 nitrogen and oxygen atoms in total. The molecule has 0 spiro atoms. The molecular formula is C10H16N2O3. The summed E-state index contributed by atoms with van der Waals surface area (Å²) in [5, 5.41) is 5.40. The second-order valence-electron chi connectivity index (χ2n) is 2.84. The molecule has 15 heavy (non-hydrogen) atoms. The first kappa shape index (κ1) is 13.5. The highest BCUT2D eigenvalue weighted by molar-refractivity contribution is 5.78. The van der Waals surface area contributed by atoms with Crippen molar-refractivity contribution in [2.24, 2.45) is 0 Å². The summed E-state index contributed by atoms with van der Waals surface area (Å²) in [6.07, 6.45) is 5.88. The average molecular weight is 212 g/mol. The number of carbonyl (C=O) groups is 2. The lowest BCUT2D eigenvalue weighted by atomic mass is 10.3. The molecule has 0 bridgehead atoms. The number of esters is 1. The molecule has 0 radical (unpaired) electrons. The molecule has 84 valence electrons. The van der Waals surface area contributed by atoms with Crippen LogP contribution in [0.25, 0.3) is 0 Å². The van der Waals surface area contributed by atoms with E-state index in [0.29, 0.717) is 25.9 Å². The molecule has 0 heterocycles. The Hall–Kier alpha value is -1.54. The summed E-state index contributed by atoms with van der Waals surface area (Å²) in [6, 6.07) is 0. The molecule has 0 saturated heterocycles. The van der Waals surface area contributed by atoms with Crippen LogP contribution in [0.15, 0.2) is 0 Å². The topological polar surface area (TPSA) is 67.4 Å². The first-order chi connectivity index (χ1) is 7.20. The van der Waals surface area contributed by atoms with E-state index >= 15 is 0 Å². The van der Waals surface area contributed by atoms with Gasteiger partial charge in [-0.3, -0.25) is 14.9 Å². The third-order valence-corrected chi connectivity index (χ3v) is 1.62. The summed E-state index contributed by atoms with van der Waals surface area (Å²) < 4.78 is 4.45. The van der Waals surface area contributed by atoms with E-state index in [1.807, 2.05) is 0 Å². The van der Waals surface area contributed by atoms with Crippen molar-refractivity contribution in [3.63, 3.8) is 0 Å². The van der Waals surface area contributed by atoms with Gasteiger partial charge in [-0.1, -0.05) is 5.92 Å². The Balaban J connectivity index is 3.32.